The van der Waals surface area contributed by atoms with Crippen LogP contribution in [0.4, 0.5) is 17.1 Å². The molecule has 0 radical (unpaired) electrons. The summed E-state index contributed by atoms with van der Waals surface area (Å²) >= 11 is 7.85. The first-order chi connectivity index (χ1) is 15.0. The number of quaternary nitrogens is 1. The van der Waals surface area contributed by atoms with E-state index in [4.69, 9.17) is 16.3 Å². The Balaban J connectivity index is 1.76. The Labute approximate surface area is 186 Å². The van der Waals surface area contributed by atoms with Gasteiger partial charge in [-0.25, -0.2) is 10.2 Å². The number of hydrogen-bond acceptors (Lipinski definition) is 8. The molecule has 0 spiro atoms. The molecule has 0 aliphatic carbocycles. The molecular formula is C20H15ClN6O3S. The highest BCUT2D eigenvalue weighted by Crippen LogP contribution is 2.36. The van der Waals surface area contributed by atoms with Gasteiger partial charge in [-0.05, 0) is 30.1 Å². The second kappa shape index (κ2) is 8.81. The number of hydrogen-bond donors (Lipinski definition) is 3. The molecule has 0 bridgehead atoms. The summed E-state index contributed by atoms with van der Waals surface area (Å²) < 4.78 is 6.99. The van der Waals surface area contributed by atoms with E-state index in [0.717, 1.165) is 4.90 Å². The average molecular weight is 455 g/mol. The second-order valence-corrected chi connectivity index (χ2v) is 7.77. The van der Waals surface area contributed by atoms with Crippen molar-refractivity contribution in [3.8, 4) is 11.8 Å². The normalized spacial score (nSPS) is 11.8. The quantitative estimate of drug-likeness (QED) is 0.377. The minimum Gasteiger partial charge on any atom is -0.595 e. The lowest BCUT2D eigenvalue weighted by molar-refractivity contribution is -0.991. The molecule has 0 saturated heterocycles. The minimum atomic E-state index is -1.14. The molecular weight excluding hydrogens is 440 g/mol. The number of methoxy groups -OCH3 is 1. The lowest BCUT2D eigenvalue weighted by Gasteiger charge is -2.17. The van der Waals surface area contributed by atoms with Gasteiger partial charge in [0.2, 0.25) is 5.69 Å². The maximum absolute atomic E-state index is 11.6. The summed E-state index contributed by atoms with van der Waals surface area (Å²) in [6, 6.07) is 10.5. The first kappa shape index (κ1) is 20.9. The minimum absolute atomic E-state index is 0.0277. The van der Waals surface area contributed by atoms with Gasteiger partial charge in [0.1, 0.15) is 12.4 Å². The summed E-state index contributed by atoms with van der Waals surface area (Å²) in [5, 5.41) is 33.8. The van der Waals surface area contributed by atoms with Crippen LogP contribution in [0.3, 0.4) is 0 Å². The van der Waals surface area contributed by atoms with Gasteiger partial charge in [-0.1, -0.05) is 11.6 Å². The standard InChI is InChI=1S/C20H15ClN6O3S/c1-30-18-8-16-14(7-17(18)27(28)29)20(12(9-22)10-24-16)25-13-2-3-19(15(21)6-13)31-26-5-4-23-11-26/h2-8,10-11,27-28H,1H3,(H,24,25). The van der Waals surface area contributed by atoms with Crippen molar-refractivity contribution in [2.75, 3.05) is 12.4 Å². The van der Waals surface area contributed by atoms with Crippen LogP contribution in [0.2, 0.25) is 5.02 Å². The predicted octanol–water partition coefficient (Wildman–Crippen LogP) is 3.67. The van der Waals surface area contributed by atoms with Crippen LogP contribution in [0.1, 0.15) is 5.56 Å². The van der Waals surface area contributed by atoms with E-state index in [0.29, 0.717) is 27.3 Å². The summed E-state index contributed by atoms with van der Waals surface area (Å²) in [5.41, 5.74) is 1.80. The Bertz CT molecular complexity index is 1290. The molecule has 3 N–H and O–H groups in total. The number of pyridine rings is 1. The molecule has 4 rings (SSSR count). The number of halogens is 1. The Morgan fingerprint density at radius 3 is 2.84 bits per heavy atom. The maximum Gasteiger partial charge on any atom is 0.206 e. The molecule has 4 aromatic rings. The molecule has 0 fully saturated rings. The van der Waals surface area contributed by atoms with E-state index in [2.05, 4.69) is 21.4 Å². The van der Waals surface area contributed by atoms with Gasteiger partial charge in [-0.15, -0.1) is 0 Å². The SMILES string of the molecule is COc1cc2ncc(C#N)c(Nc3ccc(Sn4ccnc4)c(Cl)c3)c2cc1[NH+]([O-])O. The molecule has 11 heteroatoms. The first-order valence-corrected chi connectivity index (χ1v) is 10.0. The van der Waals surface area contributed by atoms with Crippen LogP contribution >= 0.6 is 23.5 Å². The van der Waals surface area contributed by atoms with Crippen molar-refractivity contribution in [1.29, 1.82) is 5.26 Å². The highest BCUT2D eigenvalue weighted by Gasteiger charge is 2.17. The number of benzene rings is 2. The number of nitrogens with one attached hydrogen (secondary N) is 2. The fourth-order valence-electron chi connectivity index (χ4n) is 2.99. The summed E-state index contributed by atoms with van der Waals surface area (Å²) in [4.78, 5) is 9.09. The van der Waals surface area contributed by atoms with Gasteiger partial charge in [-0.2, -0.15) is 10.5 Å². The summed E-state index contributed by atoms with van der Waals surface area (Å²) in [6.45, 7) is 0. The topological polar surface area (TPSA) is 123 Å². The third-order valence-electron chi connectivity index (χ3n) is 4.43. The third-order valence-corrected chi connectivity index (χ3v) is 5.83. The zero-order chi connectivity index (χ0) is 22.0. The van der Waals surface area contributed by atoms with Gasteiger partial charge >= 0.3 is 0 Å². The summed E-state index contributed by atoms with van der Waals surface area (Å²) in [6.07, 6.45) is 6.58. The first-order valence-electron chi connectivity index (χ1n) is 8.87. The molecule has 2 heterocycles. The van der Waals surface area contributed by atoms with Crippen LogP contribution in [0.5, 0.6) is 5.75 Å². The predicted molar refractivity (Wildman–Crippen MR) is 117 cm³/mol. The second-order valence-electron chi connectivity index (χ2n) is 6.32. The molecule has 31 heavy (non-hydrogen) atoms. The van der Waals surface area contributed by atoms with Crippen molar-refractivity contribution >= 4 is 51.5 Å². The summed E-state index contributed by atoms with van der Waals surface area (Å²) in [5.74, 6) is 0.187. The molecule has 0 amide bonds. The van der Waals surface area contributed by atoms with Crippen LogP contribution in [-0.4, -0.2) is 26.3 Å². The van der Waals surface area contributed by atoms with Gasteiger partial charge in [0.25, 0.3) is 0 Å². The van der Waals surface area contributed by atoms with Crippen LogP contribution in [0.15, 0.2) is 60.1 Å². The van der Waals surface area contributed by atoms with Crippen LogP contribution in [0.25, 0.3) is 10.9 Å². The molecule has 0 saturated carbocycles. The average Bonchev–Trinajstić information content (AvgIpc) is 3.28. The Kier molecular flexibility index (Phi) is 5.94. The van der Waals surface area contributed by atoms with E-state index >= 15 is 0 Å². The molecule has 156 valence electrons. The number of nitriles is 1. The highest BCUT2D eigenvalue weighted by molar-refractivity contribution is 7.98. The number of ether oxygens (including phenoxy) is 1. The number of nitrogens with zero attached hydrogens (tertiary/aromatic N) is 4. The van der Waals surface area contributed by atoms with Crippen molar-refractivity contribution in [1.82, 2.24) is 13.9 Å². The monoisotopic (exact) mass is 454 g/mol. The number of imidazole rings is 1. The lowest BCUT2D eigenvalue weighted by Crippen LogP contribution is -2.99. The molecule has 1 atom stereocenters. The molecule has 2 aromatic carbocycles. The fourth-order valence-corrected chi connectivity index (χ4v) is 3.99. The zero-order valence-corrected chi connectivity index (χ0v) is 17.6. The number of rotatable bonds is 6. The van der Waals surface area contributed by atoms with Gasteiger partial charge in [0.05, 0.1) is 28.9 Å². The molecule has 2 aromatic heterocycles. The number of aromatic nitrogens is 3. The van der Waals surface area contributed by atoms with Crippen molar-refractivity contribution in [3.05, 3.63) is 71.0 Å². The van der Waals surface area contributed by atoms with Crippen molar-refractivity contribution in [2.45, 2.75) is 4.90 Å². The van der Waals surface area contributed by atoms with Crippen molar-refractivity contribution in [3.63, 3.8) is 0 Å². The number of fused-ring (bicyclic) bond motifs is 1. The van der Waals surface area contributed by atoms with Gasteiger partial charge in [0.15, 0.2) is 5.75 Å². The van der Waals surface area contributed by atoms with Crippen molar-refractivity contribution < 1.29 is 15.2 Å². The Morgan fingerprint density at radius 2 is 2.19 bits per heavy atom. The summed E-state index contributed by atoms with van der Waals surface area (Å²) in [7, 11) is 1.39. The number of anilines is 2. The van der Waals surface area contributed by atoms with E-state index < -0.39 is 5.23 Å². The highest BCUT2D eigenvalue weighted by atomic mass is 35.5. The molecule has 9 nitrogen and oxygen atoms in total. The third kappa shape index (κ3) is 4.27. The smallest absolute Gasteiger partial charge is 0.206 e. The Morgan fingerprint density at radius 1 is 1.35 bits per heavy atom. The molecule has 1 unspecified atom stereocenters. The van der Waals surface area contributed by atoms with E-state index in [-0.39, 0.29) is 17.0 Å². The fraction of sp³-hybridized carbons (Fsp3) is 0.0500. The van der Waals surface area contributed by atoms with E-state index in [9.17, 15) is 15.7 Å². The van der Waals surface area contributed by atoms with E-state index in [1.807, 2.05) is 22.3 Å². The zero-order valence-electron chi connectivity index (χ0n) is 16.0. The van der Waals surface area contributed by atoms with Gasteiger partial charge < -0.3 is 15.3 Å². The molecule has 0 aliphatic heterocycles. The van der Waals surface area contributed by atoms with E-state index in [1.54, 1.807) is 18.6 Å². The van der Waals surface area contributed by atoms with Crippen molar-refractivity contribution in [2.24, 2.45) is 0 Å². The van der Waals surface area contributed by atoms with Crippen LogP contribution in [0, 0.1) is 16.5 Å². The lowest BCUT2D eigenvalue weighted by atomic mass is 10.1. The van der Waals surface area contributed by atoms with Crippen LogP contribution < -0.4 is 15.3 Å². The van der Waals surface area contributed by atoms with Gasteiger partial charge in [-0.3, -0.25) is 8.96 Å². The largest absolute Gasteiger partial charge is 0.595 e. The molecule has 0 aliphatic rings. The van der Waals surface area contributed by atoms with Crippen LogP contribution in [-0.2, 0) is 0 Å². The van der Waals surface area contributed by atoms with Gasteiger partial charge in [0, 0.05) is 46.7 Å². The Hall–Kier alpha value is -3.33. The van der Waals surface area contributed by atoms with E-state index in [1.165, 1.54) is 37.4 Å². The maximum atomic E-state index is 11.6.